The first-order valence-electron chi connectivity index (χ1n) is 8.58. The number of halogens is 1. The molecule has 0 bridgehead atoms. The van der Waals surface area contributed by atoms with Crippen molar-refractivity contribution in [3.63, 3.8) is 0 Å². The highest BCUT2D eigenvalue weighted by molar-refractivity contribution is 6.32. The van der Waals surface area contributed by atoms with Gasteiger partial charge in [0.25, 0.3) is 0 Å². The molecule has 0 saturated heterocycles. The van der Waals surface area contributed by atoms with Gasteiger partial charge in [-0.3, -0.25) is 4.79 Å². The highest BCUT2D eigenvalue weighted by Gasteiger charge is 2.43. The van der Waals surface area contributed by atoms with E-state index in [1.807, 2.05) is 79.9 Å². The number of Topliss-reactive ketones (excluding diaryl/α,β-unsaturated/α-hetero) is 1. The summed E-state index contributed by atoms with van der Waals surface area (Å²) in [6, 6.07) is 17.7. The maximum Gasteiger partial charge on any atom is 0.183 e. The van der Waals surface area contributed by atoms with Gasteiger partial charge in [-0.05, 0) is 49.1 Å². The summed E-state index contributed by atoms with van der Waals surface area (Å²) in [6.07, 6.45) is 8.42. The van der Waals surface area contributed by atoms with Crippen LogP contribution in [0.15, 0.2) is 72.3 Å². The molecule has 1 unspecified atom stereocenters. The van der Waals surface area contributed by atoms with Gasteiger partial charge in [0.2, 0.25) is 0 Å². The van der Waals surface area contributed by atoms with Gasteiger partial charge in [-0.1, -0.05) is 78.4 Å². The Morgan fingerprint density at radius 1 is 1.08 bits per heavy atom. The lowest BCUT2D eigenvalue weighted by Crippen LogP contribution is -2.50. The first-order valence-corrected chi connectivity index (χ1v) is 8.96. The van der Waals surface area contributed by atoms with E-state index in [1.165, 1.54) is 0 Å². The minimum Gasteiger partial charge on any atom is -0.304 e. The summed E-state index contributed by atoms with van der Waals surface area (Å²) < 4.78 is 0. The van der Waals surface area contributed by atoms with E-state index < -0.39 is 5.54 Å². The molecule has 1 saturated carbocycles. The number of ketones is 1. The fourth-order valence-corrected chi connectivity index (χ4v) is 3.78. The van der Waals surface area contributed by atoms with E-state index in [2.05, 4.69) is 5.32 Å². The lowest BCUT2D eigenvalue weighted by molar-refractivity contribution is -0.123. The molecule has 3 rings (SSSR count). The minimum absolute atomic E-state index is 0.118. The Kier molecular flexibility index (Phi) is 5.52. The van der Waals surface area contributed by atoms with Gasteiger partial charge in [0.15, 0.2) is 5.78 Å². The third kappa shape index (κ3) is 3.60. The van der Waals surface area contributed by atoms with Crippen LogP contribution in [0.5, 0.6) is 0 Å². The predicted octanol–water partition coefficient (Wildman–Crippen LogP) is 5.15. The van der Waals surface area contributed by atoms with Crippen LogP contribution in [-0.2, 0) is 10.3 Å². The molecule has 1 fully saturated rings. The maximum atomic E-state index is 13.3. The third-order valence-electron chi connectivity index (χ3n) is 4.82. The second-order valence-electron chi connectivity index (χ2n) is 6.28. The Labute approximate surface area is 154 Å². The number of hydrogen-bond donors (Lipinski definition) is 1. The summed E-state index contributed by atoms with van der Waals surface area (Å²) in [5.41, 5.74) is 2.09. The zero-order valence-electron chi connectivity index (χ0n) is 14.3. The van der Waals surface area contributed by atoms with Gasteiger partial charge in [0.1, 0.15) is 5.54 Å². The fourth-order valence-electron chi connectivity index (χ4n) is 3.48. The van der Waals surface area contributed by atoms with E-state index >= 15 is 0 Å². The number of nitrogens with one attached hydrogen (secondary N) is 1. The van der Waals surface area contributed by atoms with Crippen LogP contribution in [0, 0.1) is 0 Å². The Hall–Kier alpha value is -2.16. The van der Waals surface area contributed by atoms with Gasteiger partial charge in [-0.2, -0.15) is 0 Å². The largest absolute Gasteiger partial charge is 0.304 e. The van der Waals surface area contributed by atoms with Crippen LogP contribution >= 0.6 is 11.6 Å². The van der Waals surface area contributed by atoms with E-state index in [1.54, 1.807) is 0 Å². The van der Waals surface area contributed by atoms with Crippen LogP contribution in [0.2, 0.25) is 5.02 Å². The van der Waals surface area contributed by atoms with Crippen LogP contribution in [0.1, 0.15) is 30.4 Å². The lowest BCUT2D eigenvalue weighted by Gasteiger charge is -2.37. The Bertz CT molecular complexity index is 810. The van der Waals surface area contributed by atoms with E-state index in [4.69, 9.17) is 11.6 Å². The summed E-state index contributed by atoms with van der Waals surface area (Å²) in [5, 5.41) is 3.89. The number of allylic oxidation sites excluding steroid dienone is 2. The fraction of sp³-hybridized carbons (Fsp3) is 0.227. The normalized spacial score (nSPS) is 22.6. The van der Waals surface area contributed by atoms with Crippen molar-refractivity contribution in [3.8, 4) is 0 Å². The average Bonchev–Trinajstić information content (AvgIpc) is 2.65. The molecule has 0 aromatic heterocycles. The van der Waals surface area contributed by atoms with E-state index in [-0.39, 0.29) is 5.78 Å². The SMILES string of the molecule is CNC1(c2ccccc2Cl)CCC/C(=C\C=C\c2ccccc2)C1=O. The first kappa shape index (κ1) is 17.7. The zero-order valence-corrected chi connectivity index (χ0v) is 15.1. The molecule has 0 radical (unpaired) electrons. The molecule has 2 aromatic carbocycles. The van der Waals surface area contributed by atoms with Crippen molar-refractivity contribution in [2.45, 2.75) is 24.8 Å². The van der Waals surface area contributed by atoms with Gasteiger partial charge in [0.05, 0.1) is 0 Å². The molecular weight excluding hydrogens is 330 g/mol. The molecule has 128 valence electrons. The second-order valence-corrected chi connectivity index (χ2v) is 6.69. The number of carbonyl (C=O) groups is 1. The Balaban J connectivity index is 1.91. The topological polar surface area (TPSA) is 29.1 Å². The monoisotopic (exact) mass is 351 g/mol. The van der Waals surface area contributed by atoms with E-state index in [9.17, 15) is 4.79 Å². The van der Waals surface area contributed by atoms with Crippen molar-refractivity contribution in [1.82, 2.24) is 5.32 Å². The van der Waals surface area contributed by atoms with Crippen LogP contribution in [0.4, 0.5) is 0 Å². The molecule has 1 N–H and O–H groups in total. The van der Waals surface area contributed by atoms with Gasteiger partial charge in [0, 0.05) is 5.02 Å². The quantitative estimate of drug-likeness (QED) is 0.772. The van der Waals surface area contributed by atoms with Crippen molar-refractivity contribution in [1.29, 1.82) is 0 Å². The number of likely N-dealkylation sites (N-methyl/N-ethyl adjacent to an activating group) is 1. The number of carbonyl (C=O) groups excluding carboxylic acids is 1. The van der Waals surface area contributed by atoms with Crippen LogP contribution < -0.4 is 5.32 Å². The maximum absolute atomic E-state index is 13.3. The summed E-state index contributed by atoms with van der Waals surface area (Å²) >= 11 is 6.40. The Morgan fingerprint density at radius 2 is 1.80 bits per heavy atom. The first-order chi connectivity index (χ1) is 12.2. The van der Waals surface area contributed by atoms with Crippen molar-refractivity contribution < 1.29 is 4.79 Å². The molecule has 25 heavy (non-hydrogen) atoms. The number of benzene rings is 2. The highest BCUT2D eigenvalue weighted by atomic mass is 35.5. The molecule has 1 atom stereocenters. The summed E-state index contributed by atoms with van der Waals surface area (Å²) in [4.78, 5) is 13.3. The molecule has 0 heterocycles. The van der Waals surface area contributed by atoms with Crippen LogP contribution in [-0.4, -0.2) is 12.8 Å². The van der Waals surface area contributed by atoms with Crippen molar-refractivity contribution in [3.05, 3.63) is 88.5 Å². The van der Waals surface area contributed by atoms with Gasteiger partial charge in [-0.25, -0.2) is 0 Å². The van der Waals surface area contributed by atoms with Gasteiger partial charge < -0.3 is 5.32 Å². The molecule has 1 aliphatic carbocycles. The number of rotatable bonds is 4. The van der Waals surface area contributed by atoms with E-state index in [0.29, 0.717) is 5.02 Å². The molecule has 0 aliphatic heterocycles. The standard InChI is InChI=1S/C22H22ClNO/c1-24-22(19-14-5-6-15-20(19)23)16-8-13-18(21(22)25)12-7-11-17-9-3-2-4-10-17/h2-7,9-12,14-15,24H,8,13,16H2,1H3/b11-7+,18-12+. The third-order valence-corrected chi connectivity index (χ3v) is 5.15. The van der Waals surface area contributed by atoms with Crippen molar-refractivity contribution >= 4 is 23.5 Å². The van der Waals surface area contributed by atoms with Crippen molar-refractivity contribution in [2.24, 2.45) is 0 Å². The van der Waals surface area contributed by atoms with Crippen molar-refractivity contribution in [2.75, 3.05) is 7.05 Å². The highest BCUT2D eigenvalue weighted by Crippen LogP contribution is 2.39. The molecule has 3 heteroatoms. The van der Waals surface area contributed by atoms with Crippen LogP contribution in [0.3, 0.4) is 0 Å². The van der Waals surface area contributed by atoms with E-state index in [0.717, 1.165) is 36.0 Å². The van der Waals surface area contributed by atoms with Gasteiger partial charge >= 0.3 is 0 Å². The second kappa shape index (κ2) is 7.81. The average molecular weight is 352 g/mol. The number of hydrogen-bond acceptors (Lipinski definition) is 2. The van der Waals surface area contributed by atoms with Gasteiger partial charge in [-0.15, -0.1) is 0 Å². The minimum atomic E-state index is -0.733. The van der Waals surface area contributed by atoms with Crippen LogP contribution in [0.25, 0.3) is 6.08 Å². The lowest BCUT2D eigenvalue weighted by atomic mass is 9.73. The summed E-state index contributed by atoms with van der Waals surface area (Å²) in [6.45, 7) is 0. The smallest absolute Gasteiger partial charge is 0.183 e. The summed E-state index contributed by atoms with van der Waals surface area (Å²) in [5.74, 6) is 0.118. The molecule has 2 aromatic rings. The summed E-state index contributed by atoms with van der Waals surface area (Å²) in [7, 11) is 1.84. The Morgan fingerprint density at radius 3 is 2.52 bits per heavy atom. The molecule has 2 nitrogen and oxygen atoms in total. The zero-order chi connectivity index (χ0) is 17.7. The predicted molar refractivity (Wildman–Crippen MR) is 105 cm³/mol. The molecule has 0 spiro atoms. The molecule has 1 aliphatic rings. The molecule has 0 amide bonds. The molecular formula is C22H22ClNO.